The molecule has 0 unspecified atom stereocenters. The molecule has 0 aromatic heterocycles. The lowest BCUT2D eigenvalue weighted by molar-refractivity contribution is 0.0513. The predicted octanol–water partition coefficient (Wildman–Crippen LogP) is 2.51. The van der Waals surface area contributed by atoms with Gasteiger partial charge in [0.2, 0.25) is 0 Å². The minimum absolute atomic E-state index is 0.103. The molecule has 0 aliphatic carbocycles. The molecule has 1 aromatic carbocycles. The van der Waals surface area contributed by atoms with Crippen molar-refractivity contribution in [3.8, 4) is 0 Å². The minimum Gasteiger partial charge on any atom is -0.396 e. The van der Waals surface area contributed by atoms with E-state index in [2.05, 4.69) is 15.9 Å². The fraction of sp³-hybridized carbons (Fsp3) is 0.500. The number of hydrogen-bond donors (Lipinski definition) is 2. The van der Waals surface area contributed by atoms with Gasteiger partial charge in [0.05, 0.1) is 13.2 Å². The molecule has 0 atom stereocenters. The summed E-state index contributed by atoms with van der Waals surface area (Å²) in [6, 6.07) is 4.62. The summed E-state index contributed by atoms with van der Waals surface area (Å²) >= 11 is 3.22. The monoisotopic (exact) mass is 290 g/mol. The number of benzene rings is 1. The highest BCUT2D eigenvalue weighted by Gasteiger charge is 2.27. The lowest BCUT2D eigenvalue weighted by Gasteiger charge is -2.28. The van der Waals surface area contributed by atoms with Gasteiger partial charge in [0, 0.05) is 9.89 Å². The van der Waals surface area contributed by atoms with E-state index in [1.807, 2.05) is 6.92 Å². The summed E-state index contributed by atoms with van der Waals surface area (Å²) in [4.78, 5) is 0. The van der Waals surface area contributed by atoms with Gasteiger partial charge in [0.25, 0.3) is 0 Å². The zero-order valence-electron chi connectivity index (χ0n) is 9.21. The van der Waals surface area contributed by atoms with Crippen molar-refractivity contribution in [2.24, 2.45) is 5.41 Å². The van der Waals surface area contributed by atoms with Gasteiger partial charge in [-0.3, -0.25) is 0 Å². The summed E-state index contributed by atoms with van der Waals surface area (Å²) in [5, 5.41) is 18.6. The van der Waals surface area contributed by atoms with Gasteiger partial charge in [0.15, 0.2) is 0 Å². The SMILES string of the molecule is CCC(CO)(CO)Cc1cc(F)cc(Br)c1. The van der Waals surface area contributed by atoms with Gasteiger partial charge >= 0.3 is 0 Å². The summed E-state index contributed by atoms with van der Waals surface area (Å²) in [7, 11) is 0. The third-order valence-corrected chi connectivity index (χ3v) is 3.38. The highest BCUT2D eigenvalue weighted by Crippen LogP contribution is 2.27. The normalized spacial score (nSPS) is 11.8. The van der Waals surface area contributed by atoms with Crippen molar-refractivity contribution in [1.29, 1.82) is 0 Å². The zero-order chi connectivity index (χ0) is 12.2. The van der Waals surface area contributed by atoms with Crippen LogP contribution in [0.25, 0.3) is 0 Å². The first kappa shape index (κ1) is 13.6. The summed E-state index contributed by atoms with van der Waals surface area (Å²) in [6.07, 6.45) is 1.11. The van der Waals surface area contributed by atoms with E-state index in [0.717, 1.165) is 5.56 Å². The lowest BCUT2D eigenvalue weighted by Crippen LogP contribution is -2.31. The van der Waals surface area contributed by atoms with E-state index in [1.54, 1.807) is 6.07 Å². The second-order valence-electron chi connectivity index (χ2n) is 4.12. The summed E-state index contributed by atoms with van der Waals surface area (Å²) in [6.45, 7) is 1.70. The first-order valence-corrected chi connectivity index (χ1v) is 6.01. The van der Waals surface area contributed by atoms with Gasteiger partial charge in [-0.25, -0.2) is 4.39 Å². The van der Waals surface area contributed by atoms with Gasteiger partial charge in [0.1, 0.15) is 5.82 Å². The van der Waals surface area contributed by atoms with Gasteiger partial charge in [-0.2, -0.15) is 0 Å². The first-order valence-electron chi connectivity index (χ1n) is 5.22. The maximum Gasteiger partial charge on any atom is 0.124 e. The Morgan fingerprint density at radius 3 is 2.31 bits per heavy atom. The molecule has 2 nitrogen and oxygen atoms in total. The van der Waals surface area contributed by atoms with Crippen molar-refractivity contribution >= 4 is 15.9 Å². The molecule has 0 saturated heterocycles. The Hall–Kier alpha value is -0.450. The molecule has 0 heterocycles. The van der Waals surface area contributed by atoms with Crippen molar-refractivity contribution in [3.05, 3.63) is 34.1 Å². The molecular weight excluding hydrogens is 275 g/mol. The number of hydrogen-bond acceptors (Lipinski definition) is 2. The van der Waals surface area contributed by atoms with Crippen LogP contribution in [-0.2, 0) is 6.42 Å². The standard InChI is InChI=1S/C12H16BrFO2/c1-2-12(7-15,8-16)6-9-3-10(13)5-11(14)4-9/h3-5,15-16H,2,6-8H2,1H3. The van der Waals surface area contributed by atoms with Crippen LogP contribution in [0.4, 0.5) is 4.39 Å². The molecule has 1 aromatic rings. The van der Waals surface area contributed by atoms with Crippen molar-refractivity contribution in [3.63, 3.8) is 0 Å². The van der Waals surface area contributed by atoms with Gasteiger partial charge in [-0.05, 0) is 36.6 Å². The number of rotatable bonds is 5. The molecule has 0 radical (unpaired) electrons. The Morgan fingerprint density at radius 1 is 1.25 bits per heavy atom. The first-order chi connectivity index (χ1) is 7.55. The number of halogens is 2. The van der Waals surface area contributed by atoms with Crippen molar-refractivity contribution in [2.45, 2.75) is 19.8 Å². The number of aliphatic hydroxyl groups is 2. The number of aliphatic hydroxyl groups excluding tert-OH is 2. The molecule has 0 aliphatic heterocycles. The molecule has 0 saturated carbocycles. The Bertz CT molecular complexity index is 322. The van der Waals surface area contributed by atoms with Crippen molar-refractivity contribution < 1.29 is 14.6 Å². The van der Waals surface area contributed by atoms with E-state index in [0.29, 0.717) is 17.3 Å². The Balaban J connectivity index is 2.93. The Morgan fingerprint density at radius 2 is 1.88 bits per heavy atom. The Kier molecular flexibility index (Phi) is 4.89. The van der Waals surface area contributed by atoms with Crippen LogP contribution in [-0.4, -0.2) is 23.4 Å². The third kappa shape index (κ3) is 3.27. The molecule has 0 fully saturated rings. The highest BCUT2D eigenvalue weighted by atomic mass is 79.9. The van der Waals surface area contributed by atoms with Crippen LogP contribution in [0, 0.1) is 11.2 Å². The second kappa shape index (κ2) is 5.75. The van der Waals surface area contributed by atoms with E-state index in [4.69, 9.17) is 0 Å². The molecule has 16 heavy (non-hydrogen) atoms. The maximum atomic E-state index is 13.2. The fourth-order valence-electron chi connectivity index (χ4n) is 1.66. The molecule has 4 heteroatoms. The molecular formula is C12H16BrFO2. The van der Waals surface area contributed by atoms with E-state index in [9.17, 15) is 14.6 Å². The second-order valence-corrected chi connectivity index (χ2v) is 5.04. The van der Waals surface area contributed by atoms with E-state index in [-0.39, 0.29) is 19.0 Å². The van der Waals surface area contributed by atoms with Crippen LogP contribution in [0.3, 0.4) is 0 Å². The van der Waals surface area contributed by atoms with Crippen LogP contribution in [0.5, 0.6) is 0 Å². The summed E-state index contributed by atoms with van der Waals surface area (Å²) < 4.78 is 13.8. The van der Waals surface area contributed by atoms with E-state index >= 15 is 0 Å². The topological polar surface area (TPSA) is 40.5 Å². The van der Waals surface area contributed by atoms with Crippen LogP contribution in [0.2, 0.25) is 0 Å². The molecule has 1 rings (SSSR count). The molecule has 0 spiro atoms. The third-order valence-electron chi connectivity index (χ3n) is 2.92. The van der Waals surface area contributed by atoms with Gasteiger partial charge in [-0.1, -0.05) is 22.9 Å². The fourth-order valence-corrected chi connectivity index (χ4v) is 2.17. The lowest BCUT2D eigenvalue weighted by atomic mass is 9.81. The van der Waals surface area contributed by atoms with Crippen LogP contribution in [0.15, 0.2) is 22.7 Å². The van der Waals surface area contributed by atoms with E-state index in [1.165, 1.54) is 12.1 Å². The molecule has 0 amide bonds. The molecule has 2 N–H and O–H groups in total. The van der Waals surface area contributed by atoms with E-state index < -0.39 is 5.41 Å². The average molecular weight is 291 g/mol. The summed E-state index contributed by atoms with van der Waals surface area (Å²) in [5.41, 5.74) is 0.213. The maximum absolute atomic E-state index is 13.2. The smallest absolute Gasteiger partial charge is 0.124 e. The largest absolute Gasteiger partial charge is 0.396 e. The average Bonchev–Trinajstić information content (AvgIpc) is 2.25. The predicted molar refractivity (Wildman–Crippen MR) is 64.7 cm³/mol. The van der Waals surface area contributed by atoms with Crippen molar-refractivity contribution in [1.82, 2.24) is 0 Å². The quantitative estimate of drug-likeness (QED) is 0.875. The Labute approximate surface area is 103 Å². The van der Waals surface area contributed by atoms with Crippen LogP contribution in [0.1, 0.15) is 18.9 Å². The molecule has 0 aliphatic rings. The van der Waals surface area contributed by atoms with Gasteiger partial charge < -0.3 is 10.2 Å². The highest BCUT2D eigenvalue weighted by molar-refractivity contribution is 9.10. The summed E-state index contributed by atoms with van der Waals surface area (Å²) in [5.74, 6) is -0.315. The molecule has 0 bridgehead atoms. The van der Waals surface area contributed by atoms with Crippen LogP contribution < -0.4 is 0 Å². The van der Waals surface area contributed by atoms with Gasteiger partial charge in [-0.15, -0.1) is 0 Å². The van der Waals surface area contributed by atoms with Crippen molar-refractivity contribution in [2.75, 3.05) is 13.2 Å². The zero-order valence-corrected chi connectivity index (χ0v) is 10.8. The molecule has 90 valence electrons. The van der Waals surface area contributed by atoms with Crippen LogP contribution >= 0.6 is 15.9 Å². The minimum atomic E-state index is -0.562.